The SMILES string of the molecule is CC1CCC(NC(=O)[C@]2(C)Cn3c(nc4ccccc43)C(=O)N2C[C@H]2CCCO2)CC1. The van der Waals surface area contributed by atoms with E-state index in [-0.39, 0.29) is 24.0 Å². The van der Waals surface area contributed by atoms with Crippen LogP contribution in [0, 0.1) is 5.92 Å². The molecule has 166 valence electrons. The lowest BCUT2D eigenvalue weighted by molar-refractivity contribution is -0.134. The van der Waals surface area contributed by atoms with Crippen LogP contribution in [0.5, 0.6) is 0 Å². The van der Waals surface area contributed by atoms with Crippen molar-refractivity contribution in [3.8, 4) is 0 Å². The zero-order chi connectivity index (χ0) is 21.6. The molecule has 3 aliphatic rings. The topological polar surface area (TPSA) is 76.5 Å². The summed E-state index contributed by atoms with van der Waals surface area (Å²) in [4.78, 5) is 33.7. The fourth-order valence-corrected chi connectivity index (χ4v) is 5.35. The number of amides is 2. The molecule has 2 amide bonds. The molecule has 0 unspecified atom stereocenters. The summed E-state index contributed by atoms with van der Waals surface area (Å²) in [5, 5.41) is 3.29. The number of benzene rings is 1. The normalized spacial score (nSPS) is 31.1. The highest BCUT2D eigenvalue weighted by atomic mass is 16.5. The van der Waals surface area contributed by atoms with Crippen LogP contribution >= 0.6 is 0 Å². The van der Waals surface area contributed by atoms with E-state index in [1.165, 1.54) is 0 Å². The monoisotopic (exact) mass is 424 g/mol. The third-order valence-corrected chi connectivity index (χ3v) is 7.40. The average molecular weight is 425 g/mol. The van der Waals surface area contributed by atoms with Crippen molar-refractivity contribution in [2.24, 2.45) is 5.92 Å². The first kappa shape index (κ1) is 20.5. The first-order valence-electron chi connectivity index (χ1n) is 11.7. The van der Waals surface area contributed by atoms with E-state index in [1.54, 1.807) is 4.90 Å². The molecule has 2 fully saturated rings. The lowest BCUT2D eigenvalue weighted by atomic mass is 9.86. The van der Waals surface area contributed by atoms with Crippen LogP contribution in [0.2, 0.25) is 0 Å². The number of nitrogens with zero attached hydrogens (tertiary/aromatic N) is 3. The molecule has 1 N–H and O–H groups in total. The van der Waals surface area contributed by atoms with E-state index < -0.39 is 5.54 Å². The fourth-order valence-electron chi connectivity index (χ4n) is 5.35. The van der Waals surface area contributed by atoms with E-state index in [2.05, 4.69) is 17.2 Å². The second kappa shape index (κ2) is 7.93. The van der Waals surface area contributed by atoms with Gasteiger partial charge in [-0.25, -0.2) is 4.98 Å². The predicted molar refractivity (Wildman–Crippen MR) is 118 cm³/mol. The molecule has 31 heavy (non-hydrogen) atoms. The molecule has 3 heterocycles. The Bertz CT molecular complexity index is 988. The highest BCUT2D eigenvalue weighted by molar-refractivity contribution is 6.01. The van der Waals surface area contributed by atoms with Crippen LogP contribution in [0.25, 0.3) is 11.0 Å². The zero-order valence-electron chi connectivity index (χ0n) is 18.5. The Morgan fingerprint density at radius 1 is 1.23 bits per heavy atom. The molecule has 0 radical (unpaired) electrons. The minimum atomic E-state index is -0.984. The van der Waals surface area contributed by atoms with Crippen molar-refractivity contribution in [3.63, 3.8) is 0 Å². The molecule has 5 rings (SSSR count). The lowest BCUT2D eigenvalue weighted by Gasteiger charge is -2.45. The van der Waals surface area contributed by atoms with Gasteiger partial charge in [-0.3, -0.25) is 9.59 Å². The van der Waals surface area contributed by atoms with Gasteiger partial charge in [0.15, 0.2) is 5.82 Å². The Hall–Kier alpha value is -2.41. The van der Waals surface area contributed by atoms with Gasteiger partial charge >= 0.3 is 0 Å². The van der Waals surface area contributed by atoms with Crippen LogP contribution in [-0.2, 0) is 16.1 Å². The molecule has 7 heteroatoms. The number of carbonyl (C=O) groups is 2. The summed E-state index contributed by atoms with van der Waals surface area (Å²) in [7, 11) is 0. The van der Waals surface area contributed by atoms with Crippen LogP contribution < -0.4 is 5.32 Å². The quantitative estimate of drug-likeness (QED) is 0.818. The molecule has 1 saturated heterocycles. The van der Waals surface area contributed by atoms with Crippen molar-refractivity contribution < 1.29 is 14.3 Å². The standard InChI is InChI=1S/C24H32N4O3/c1-16-9-11-17(12-10-16)25-23(30)24(2)15-27-20-8-4-3-7-19(20)26-21(27)22(29)28(24)14-18-6-5-13-31-18/h3-4,7-8,16-18H,5-6,9-15H2,1-2H3,(H,25,30)/t16?,17?,18-,24+/m1/s1. The molecule has 2 aliphatic heterocycles. The van der Waals surface area contributed by atoms with Crippen LogP contribution in [-0.4, -0.2) is 57.1 Å². The van der Waals surface area contributed by atoms with E-state index in [0.29, 0.717) is 25.5 Å². The number of hydrogen-bond acceptors (Lipinski definition) is 4. The molecule has 1 saturated carbocycles. The molecule has 2 atom stereocenters. The van der Waals surface area contributed by atoms with Crippen LogP contribution in [0.15, 0.2) is 24.3 Å². The number of hydrogen-bond donors (Lipinski definition) is 1. The third kappa shape index (κ3) is 3.63. The molecule has 2 aromatic rings. The van der Waals surface area contributed by atoms with Crippen molar-refractivity contribution >= 4 is 22.8 Å². The van der Waals surface area contributed by atoms with Gasteiger partial charge in [0.1, 0.15) is 5.54 Å². The first-order chi connectivity index (χ1) is 15.0. The number of nitrogens with one attached hydrogen (secondary N) is 1. The van der Waals surface area contributed by atoms with Crippen molar-refractivity contribution in [2.45, 2.75) is 76.6 Å². The molecule has 1 aromatic heterocycles. The van der Waals surface area contributed by atoms with E-state index >= 15 is 0 Å². The summed E-state index contributed by atoms with van der Waals surface area (Å²) in [6, 6.07) is 7.93. The van der Waals surface area contributed by atoms with Crippen molar-refractivity contribution in [1.29, 1.82) is 0 Å². The maximum Gasteiger partial charge on any atom is 0.290 e. The van der Waals surface area contributed by atoms with Crippen molar-refractivity contribution in [1.82, 2.24) is 19.8 Å². The highest BCUT2D eigenvalue weighted by Crippen LogP contribution is 2.32. The number of para-hydroxylation sites is 2. The lowest BCUT2D eigenvalue weighted by Crippen LogP contribution is -2.66. The van der Waals surface area contributed by atoms with Gasteiger partial charge < -0.3 is 19.5 Å². The summed E-state index contributed by atoms with van der Waals surface area (Å²) >= 11 is 0. The summed E-state index contributed by atoms with van der Waals surface area (Å²) in [5.41, 5.74) is 0.699. The van der Waals surface area contributed by atoms with Crippen molar-refractivity contribution in [2.75, 3.05) is 13.2 Å². The third-order valence-electron chi connectivity index (χ3n) is 7.40. The summed E-state index contributed by atoms with van der Waals surface area (Å²) in [6.07, 6.45) is 6.16. The molecule has 1 aromatic carbocycles. The van der Waals surface area contributed by atoms with Gasteiger partial charge in [0.25, 0.3) is 5.91 Å². The van der Waals surface area contributed by atoms with E-state index in [9.17, 15) is 9.59 Å². The Kier molecular flexibility index (Phi) is 5.24. The number of ether oxygens (including phenoxy) is 1. The molecule has 1 aliphatic carbocycles. The van der Waals surface area contributed by atoms with Gasteiger partial charge in [0.2, 0.25) is 5.91 Å². The van der Waals surface area contributed by atoms with Gasteiger partial charge in [-0.2, -0.15) is 0 Å². The van der Waals surface area contributed by atoms with Crippen LogP contribution in [0.1, 0.15) is 63.0 Å². The minimum Gasteiger partial charge on any atom is -0.376 e. The first-order valence-corrected chi connectivity index (χ1v) is 11.7. The van der Waals surface area contributed by atoms with Gasteiger partial charge in [-0.15, -0.1) is 0 Å². The Morgan fingerprint density at radius 2 is 2.00 bits per heavy atom. The fraction of sp³-hybridized carbons (Fsp3) is 0.625. The number of rotatable bonds is 4. The highest BCUT2D eigenvalue weighted by Gasteiger charge is 2.49. The second-order valence-corrected chi connectivity index (χ2v) is 9.77. The summed E-state index contributed by atoms with van der Waals surface area (Å²) in [6.45, 7) is 5.71. The molecule has 0 spiro atoms. The average Bonchev–Trinajstić information content (AvgIpc) is 3.41. The zero-order valence-corrected chi connectivity index (χ0v) is 18.5. The predicted octanol–water partition coefficient (Wildman–Crippen LogP) is 3.12. The van der Waals surface area contributed by atoms with E-state index in [0.717, 1.165) is 55.5 Å². The summed E-state index contributed by atoms with van der Waals surface area (Å²) < 4.78 is 7.76. The Morgan fingerprint density at radius 3 is 2.74 bits per heavy atom. The van der Waals surface area contributed by atoms with Gasteiger partial charge in [-0.1, -0.05) is 19.1 Å². The maximum absolute atomic E-state index is 13.7. The minimum absolute atomic E-state index is 0.0254. The number of imidazole rings is 1. The van der Waals surface area contributed by atoms with Crippen molar-refractivity contribution in [3.05, 3.63) is 30.1 Å². The Labute approximate surface area is 183 Å². The smallest absolute Gasteiger partial charge is 0.290 e. The Balaban J connectivity index is 1.48. The number of carbonyl (C=O) groups excluding carboxylic acids is 2. The van der Waals surface area contributed by atoms with Crippen LogP contribution in [0.3, 0.4) is 0 Å². The number of fused-ring (bicyclic) bond motifs is 3. The largest absolute Gasteiger partial charge is 0.376 e. The molecule has 7 nitrogen and oxygen atoms in total. The van der Waals surface area contributed by atoms with Gasteiger partial charge in [0, 0.05) is 19.2 Å². The van der Waals surface area contributed by atoms with Gasteiger partial charge in [-0.05, 0) is 63.5 Å². The molecular weight excluding hydrogens is 392 g/mol. The molecule has 0 bridgehead atoms. The second-order valence-electron chi connectivity index (χ2n) is 9.77. The molecular formula is C24H32N4O3. The summed E-state index contributed by atoms with van der Waals surface area (Å²) in [5.74, 6) is 0.876. The maximum atomic E-state index is 13.7. The number of aromatic nitrogens is 2. The van der Waals surface area contributed by atoms with Gasteiger partial charge in [0.05, 0.1) is 23.7 Å². The van der Waals surface area contributed by atoms with E-state index in [1.807, 2.05) is 35.8 Å². The van der Waals surface area contributed by atoms with Crippen LogP contribution in [0.4, 0.5) is 0 Å². The van der Waals surface area contributed by atoms with E-state index in [4.69, 9.17) is 4.74 Å².